The monoisotopic (exact) mass is 260 g/mol. The van der Waals surface area contributed by atoms with Crippen molar-refractivity contribution < 1.29 is 13.6 Å². The molecule has 0 heterocycles. The number of rotatable bonds is 2. The molecular formula is C16H14F2O. The van der Waals surface area contributed by atoms with Gasteiger partial charge in [0.15, 0.2) is 17.4 Å². The highest BCUT2D eigenvalue weighted by Crippen LogP contribution is 2.20. The number of aryl methyl sites for hydroxylation is 3. The van der Waals surface area contributed by atoms with Gasteiger partial charge < -0.3 is 0 Å². The van der Waals surface area contributed by atoms with Crippen LogP contribution in [-0.4, -0.2) is 5.78 Å². The molecule has 2 aromatic rings. The lowest BCUT2D eigenvalue weighted by Crippen LogP contribution is -2.06. The molecule has 0 unspecified atom stereocenters. The SMILES string of the molecule is Cc1cc(C)c(C(=O)c2ccc(F)c(F)c2)cc1C. The molecule has 2 aromatic carbocycles. The number of benzene rings is 2. The van der Waals surface area contributed by atoms with E-state index in [4.69, 9.17) is 0 Å². The van der Waals surface area contributed by atoms with Crippen LogP contribution < -0.4 is 0 Å². The van der Waals surface area contributed by atoms with Gasteiger partial charge in [-0.1, -0.05) is 6.07 Å². The molecule has 2 rings (SSSR count). The Kier molecular flexibility index (Phi) is 3.47. The second-order valence-corrected chi connectivity index (χ2v) is 4.71. The summed E-state index contributed by atoms with van der Waals surface area (Å²) < 4.78 is 26.0. The molecule has 0 fully saturated rings. The molecule has 0 aliphatic carbocycles. The van der Waals surface area contributed by atoms with Gasteiger partial charge in [0.1, 0.15) is 0 Å². The second kappa shape index (κ2) is 4.92. The quantitative estimate of drug-likeness (QED) is 0.742. The number of carbonyl (C=O) groups is 1. The fourth-order valence-electron chi connectivity index (χ4n) is 2.00. The lowest BCUT2D eigenvalue weighted by molar-refractivity contribution is 0.103. The van der Waals surface area contributed by atoms with Crippen molar-refractivity contribution in [3.63, 3.8) is 0 Å². The van der Waals surface area contributed by atoms with Crippen molar-refractivity contribution in [3.8, 4) is 0 Å². The maximum Gasteiger partial charge on any atom is 0.193 e. The zero-order valence-electron chi connectivity index (χ0n) is 11.1. The summed E-state index contributed by atoms with van der Waals surface area (Å²) in [5.74, 6) is -2.25. The van der Waals surface area contributed by atoms with Crippen LogP contribution in [0.1, 0.15) is 32.6 Å². The highest BCUT2D eigenvalue weighted by Gasteiger charge is 2.15. The summed E-state index contributed by atoms with van der Waals surface area (Å²) in [6, 6.07) is 6.91. The van der Waals surface area contributed by atoms with Crippen LogP contribution in [0.3, 0.4) is 0 Å². The average molecular weight is 260 g/mol. The first-order valence-electron chi connectivity index (χ1n) is 5.97. The summed E-state index contributed by atoms with van der Waals surface area (Å²) in [4.78, 5) is 12.3. The fourth-order valence-corrected chi connectivity index (χ4v) is 2.00. The molecule has 0 spiro atoms. The molecule has 0 saturated heterocycles. The zero-order valence-corrected chi connectivity index (χ0v) is 11.1. The van der Waals surface area contributed by atoms with Crippen LogP contribution >= 0.6 is 0 Å². The van der Waals surface area contributed by atoms with Crippen LogP contribution in [0.15, 0.2) is 30.3 Å². The first-order valence-corrected chi connectivity index (χ1v) is 5.97. The highest BCUT2D eigenvalue weighted by molar-refractivity contribution is 6.10. The normalized spacial score (nSPS) is 10.6. The lowest BCUT2D eigenvalue weighted by Gasteiger charge is -2.09. The molecule has 0 N–H and O–H groups in total. The number of carbonyl (C=O) groups excluding carboxylic acids is 1. The second-order valence-electron chi connectivity index (χ2n) is 4.71. The van der Waals surface area contributed by atoms with Gasteiger partial charge in [0.2, 0.25) is 0 Å². The van der Waals surface area contributed by atoms with Crippen LogP contribution in [0.2, 0.25) is 0 Å². The maximum absolute atomic E-state index is 13.2. The van der Waals surface area contributed by atoms with Crippen molar-refractivity contribution >= 4 is 5.78 Å². The minimum Gasteiger partial charge on any atom is -0.289 e. The van der Waals surface area contributed by atoms with E-state index in [1.165, 1.54) is 6.07 Å². The van der Waals surface area contributed by atoms with E-state index in [9.17, 15) is 13.6 Å². The lowest BCUT2D eigenvalue weighted by atomic mass is 9.95. The third-order valence-corrected chi connectivity index (χ3v) is 3.27. The Labute approximate surface area is 110 Å². The minimum atomic E-state index is -1.01. The Morgan fingerprint density at radius 3 is 2.11 bits per heavy atom. The Balaban J connectivity index is 2.49. The van der Waals surface area contributed by atoms with Gasteiger partial charge in [-0.25, -0.2) is 8.78 Å². The van der Waals surface area contributed by atoms with Crippen LogP contribution in [0.25, 0.3) is 0 Å². The Bertz CT molecular complexity index is 660. The molecule has 0 amide bonds. The van der Waals surface area contributed by atoms with Gasteiger partial charge >= 0.3 is 0 Å². The Hall–Kier alpha value is -2.03. The van der Waals surface area contributed by atoms with Gasteiger partial charge in [0, 0.05) is 11.1 Å². The summed E-state index contributed by atoms with van der Waals surface area (Å²) in [6.45, 7) is 5.71. The number of hydrogen-bond acceptors (Lipinski definition) is 1. The first kappa shape index (κ1) is 13.4. The van der Waals surface area contributed by atoms with Crippen LogP contribution in [0.4, 0.5) is 8.78 Å². The Morgan fingerprint density at radius 1 is 0.842 bits per heavy atom. The number of ketones is 1. The summed E-state index contributed by atoms with van der Waals surface area (Å²) in [5.41, 5.74) is 3.60. The fraction of sp³-hybridized carbons (Fsp3) is 0.188. The maximum atomic E-state index is 13.2. The van der Waals surface area contributed by atoms with E-state index in [0.717, 1.165) is 28.8 Å². The summed E-state index contributed by atoms with van der Waals surface area (Å²) in [7, 11) is 0. The van der Waals surface area contributed by atoms with E-state index in [1.807, 2.05) is 26.8 Å². The predicted octanol–water partition coefficient (Wildman–Crippen LogP) is 4.12. The van der Waals surface area contributed by atoms with E-state index in [-0.39, 0.29) is 11.3 Å². The van der Waals surface area contributed by atoms with Crippen molar-refractivity contribution in [2.75, 3.05) is 0 Å². The van der Waals surface area contributed by atoms with Gasteiger partial charge in [-0.15, -0.1) is 0 Å². The number of halogens is 2. The number of hydrogen-bond donors (Lipinski definition) is 0. The molecule has 0 bridgehead atoms. The van der Waals surface area contributed by atoms with Crippen molar-refractivity contribution in [2.45, 2.75) is 20.8 Å². The third kappa shape index (κ3) is 2.55. The molecule has 0 aromatic heterocycles. The standard InChI is InChI=1S/C16H14F2O/c1-9-6-11(3)13(7-10(9)2)16(19)12-4-5-14(17)15(18)8-12/h4-8H,1-3H3. The van der Waals surface area contributed by atoms with E-state index < -0.39 is 11.6 Å². The molecule has 0 radical (unpaired) electrons. The molecule has 0 aliphatic heterocycles. The van der Waals surface area contributed by atoms with Gasteiger partial charge in [-0.05, 0) is 61.7 Å². The van der Waals surface area contributed by atoms with Gasteiger partial charge in [0.05, 0.1) is 0 Å². The van der Waals surface area contributed by atoms with Crippen molar-refractivity contribution in [1.82, 2.24) is 0 Å². The third-order valence-electron chi connectivity index (χ3n) is 3.27. The minimum absolute atomic E-state index is 0.158. The molecule has 0 atom stereocenters. The zero-order chi connectivity index (χ0) is 14.2. The van der Waals surface area contributed by atoms with Crippen molar-refractivity contribution in [3.05, 3.63) is 69.8 Å². The van der Waals surface area contributed by atoms with Crippen molar-refractivity contribution in [2.24, 2.45) is 0 Å². The van der Waals surface area contributed by atoms with Crippen LogP contribution in [0, 0.1) is 32.4 Å². The van der Waals surface area contributed by atoms with Gasteiger partial charge in [-0.3, -0.25) is 4.79 Å². The van der Waals surface area contributed by atoms with Gasteiger partial charge in [0.25, 0.3) is 0 Å². The van der Waals surface area contributed by atoms with Crippen LogP contribution in [-0.2, 0) is 0 Å². The van der Waals surface area contributed by atoms with Crippen LogP contribution in [0.5, 0.6) is 0 Å². The Morgan fingerprint density at radius 2 is 1.47 bits per heavy atom. The average Bonchev–Trinajstić information content (AvgIpc) is 2.36. The first-order chi connectivity index (χ1) is 8.90. The summed E-state index contributed by atoms with van der Waals surface area (Å²) in [5, 5.41) is 0. The van der Waals surface area contributed by atoms with E-state index in [2.05, 4.69) is 0 Å². The van der Waals surface area contributed by atoms with E-state index in [0.29, 0.717) is 5.56 Å². The topological polar surface area (TPSA) is 17.1 Å². The van der Waals surface area contributed by atoms with E-state index in [1.54, 1.807) is 6.07 Å². The molecule has 3 heteroatoms. The molecule has 0 saturated carbocycles. The highest BCUT2D eigenvalue weighted by atomic mass is 19.2. The van der Waals surface area contributed by atoms with Crippen molar-refractivity contribution in [1.29, 1.82) is 0 Å². The molecule has 0 aliphatic rings. The molecule has 1 nitrogen and oxygen atoms in total. The predicted molar refractivity (Wildman–Crippen MR) is 70.4 cm³/mol. The summed E-state index contributed by atoms with van der Waals surface area (Å²) >= 11 is 0. The molecule has 19 heavy (non-hydrogen) atoms. The summed E-state index contributed by atoms with van der Waals surface area (Å²) in [6.07, 6.45) is 0. The van der Waals surface area contributed by atoms with E-state index >= 15 is 0 Å². The largest absolute Gasteiger partial charge is 0.289 e. The molecule has 98 valence electrons. The smallest absolute Gasteiger partial charge is 0.193 e. The molecular weight excluding hydrogens is 246 g/mol. The van der Waals surface area contributed by atoms with Gasteiger partial charge in [-0.2, -0.15) is 0 Å².